The van der Waals surface area contributed by atoms with Crippen molar-refractivity contribution < 1.29 is 23.1 Å². The van der Waals surface area contributed by atoms with Gasteiger partial charge in [-0.25, -0.2) is 18.2 Å². The molecule has 39 heavy (non-hydrogen) atoms. The number of hydrogen-bond donors (Lipinski definition) is 2. The van der Waals surface area contributed by atoms with Gasteiger partial charge in [0.05, 0.1) is 11.2 Å². The van der Waals surface area contributed by atoms with Crippen LogP contribution in [0.1, 0.15) is 85.5 Å². The van der Waals surface area contributed by atoms with E-state index in [1.165, 1.54) is 6.07 Å². The van der Waals surface area contributed by atoms with E-state index in [0.717, 1.165) is 55.0 Å². The second-order valence-electron chi connectivity index (χ2n) is 11.6. The van der Waals surface area contributed by atoms with Crippen LogP contribution in [0.15, 0.2) is 42.7 Å². The highest BCUT2D eigenvalue weighted by molar-refractivity contribution is 5.96. The highest BCUT2D eigenvalue weighted by Gasteiger charge is 2.38. The second kappa shape index (κ2) is 10.8. The molecule has 3 N–H and O–H groups in total. The zero-order chi connectivity index (χ0) is 27.9. The third-order valence-corrected chi connectivity index (χ3v) is 8.58. The Morgan fingerprint density at radius 3 is 2.44 bits per heavy atom. The van der Waals surface area contributed by atoms with Crippen LogP contribution in [0.5, 0.6) is 0 Å². The minimum absolute atomic E-state index is 0.0315. The maximum absolute atomic E-state index is 15.1. The molecule has 5 nitrogen and oxygen atoms in total. The first-order chi connectivity index (χ1) is 18.6. The Morgan fingerprint density at radius 2 is 1.79 bits per heavy atom. The summed E-state index contributed by atoms with van der Waals surface area (Å²) in [5.41, 5.74) is 5.65. The van der Waals surface area contributed by atoms with Gasteiger partial charge in [-0.05, 0) is 103 Å². The first kappa shape index (κ1) is 27.5. The minimum atomic E-state index is -1.27. The highest BCUT2D eigenvalue weighted by Crippen LogP contribution is 2.43. The normalized spacial score (nSPS) is 22.5. The molecule has 0 saturated heterocycles. The third kappa shape index (κ3) is 5.50. The van der Waals surface area contributed by atoms with Crippen molar-refractivity contribution in [1.29, 1.82) is 0 Å². The lowest BCUT2D eigenvalue weighted by molar-refractivity contribution is -0.0392. The molecule has 2 saturated carbocycles. The molecule has 0 aliphatic heterocycles. The molecule has 0 radical (unpaired) electrons. The summed E-state index contributed by atoms with van der Waals surface area (Å²) in [5, 5.41) is 10.5. The van der Waals surface area contributed by atoms with Gasteiger partial charge in [-0.2, -0.15) is 0 Å². The molecular weight excluding hydrogens is 503 g/mol. The van der Waals surface area contributed by atoms with Crippen LogP contribution >= 0.6 is 0 Å². The van der Waals surface area contributed by atoms with Crippen LogP contribution in [0, 0.1) is 29.3 Å². The number of aromatic nitrogens is 2. The van der Waals surface area contributed by atoms with Gasteiger partial charge in [0, 0.05) is 24.9 Å². The van der Waals surface area contributed by atoms with E-state index in [0.29, 0.717) is 24.7 Å². The van der Waals surface area contributed by atoms with Crippen LogP contribution in [0.4, 0.5) is 13.2 Å². The number of pyridine rings is 2. The second-order valence-corrected chi connectivity index (χ2v) is 11.6. The van der Waals surface area contributed by atoms with E-state index < -0.39 is 40.1 Å². The standard InChI is InChI=1S/C31H34F3N3O2/c1-17(2)18-10-19(12-22(35)11-18)23-6-9-36-16-20(23)13-28(38)27-5-4-24(32)30(37-27)29-25(33)14-21(15-26(29)34)31(39)7-3-8-31/h4-6,9,14-19,22,39H,3,7-8,10-13,35H2,1-2H3/t18-,19+,22-/m0/s1. The smallest absolute Gasteiger partial charge is 0.185 e. The number of carbonyl (C=O) groups excluding carboxylic acids is 1. The molecule has 206 valence electrons. The molecule has 2 aliphatic rings. The van der Waals surface area contributed by atoms with Crippen molar-refractivity contribution in [3.63, 3.8) is 0 Å². The van der Waals surface area contributed by atoms with E-state index >= 15 is 8.78 Å². The van der Waals surface area contributed by atoms with E-state index in [2.05, 4.69) is 23.8 Å². The number of Topliss-reactive ketones (excluding diaryl/α,β-unsaturated/α-hetero) is 1. The van der Waals surface area contributed by atoms with Crippen molar-refractivity contribution in [2.75, 3.05) is 0 Å². The summed E-state index contributed by atoms with van der Waals surface area (Å²) in [7, 11) is 0. The summed E-state index contributed by atoms with van der Waals surface area (Å²) >= 11 is 0. The van der Waals surface area contributed by atoms with Gasteiger partial charge in [0.1, 0.15) is 28.8 Å². The molecule has 2 aromatic heterocycles. The molecule has 2 fully saturated rings. The molecule has 0 amide bonds. The Hall–Kier alpha value is -3.10. The van der Waals surface area contributed by atoms with E-state index in [9.17, 15) is 14.3 Å². The summed E-state index contributed by atoms with van der Waals surface area (Å²) in [6.45, 7) is 4.39. The van der Waals surface area contributed by atoms with Crippen LogP contribution < -0.4 is 5.73 Å². The van der Waals surface area contributed by atoms with Gasteiger partial charge in [0.15, 0.2) is 5.78 Å². The molecule has 8 heteroatoms. The summed E-state index contributed by atoms with van der Waals surface area (Å²) in [6.07, 6.45) is 7.66. The first-order valence-corrected chi connectivity index (χ1v) is 13.7. The van der Waals surface area contributed by atoms with Crippen molar-refractivity contribution in [2.45, 2.75) is 76.4 Å². The Morgan fingerprint density at radius 1 is 1.08 bits per heavy atom. The third-order valence-electron chi connectivity index (χ3n) is 8.58. The van der Waals surface area contributed by atoms with Gasteiger partial charge < -0.3 is 10.8 Å². The molecule has 0 bridgehead atoms. The Bertz CT molecular complexity index is 1370. The van der Waals surface area contributed by atoms with E-state index in [4.69, 9.17) is 5.73 Å². The van der Waals surface area contributed by atoms with Gasteiger partial charge in [0.2, 0.25) is 0 Å². The number of nitrogens with zero attached hydrogens (tertiary/aromatic N) is 2. The SMILES string of the molecule is CC(C)[C@@H]1C[C@H](N)C[C@H](c2ccncc2CC(=O)c2ccc(F)c(-c3c(F)cc(C4(O)CCC4)cc3F)n2)C1. The number of hydrogen-bond acceptors (Lipinski definition) is 5. The lowest BCUT2D eigenvalue weighted by Crippen LogP contribution is -2.34. The lowest BCUT2D eigenvalue weighted by atomic mass is 9.71. The molecule has 2 aliphatic carbocycles. The number of nitrogens with two attached hydrogens (primary N) is 1. The highest BCUT2D eigenvalue weighted by atomic mass is 19.1. The molecule has 5 rings (SSSR count). The number of benzene rings is 1. The van der Waals surface area contributed by atoms with Gasteiger partial charge >= 0.3 is 0 Å². The summed E-state index contributed by atoms with van der Waals surface area (Å²) in [4.78, 5) is 21.6. The number of ketones is 1. The number of halogens is 3. The van der Waals surface area contributed by atoms with Crippen LogP contribution in [0.2, 0.25) is 0 Å². The van der Waals surface area contributed by atoms with Crippen molar-refractivity contribution in [3.05, 3.63) is 82.6 Å². The van der Waals surface area contributed by atoms with E-state index in [1.54, 1.807) is 12.4 Å². The predicted molar refractivity (Wildman–Crippen MR) is 142 cm³/mol. The maximum atomic E-state index is 15.1. The Labute approximate surface area is 226 Å². The average Bonchev–Trinajstić information content (AvgIpc) is 2.87. The maximum Gasteiger partial charge on any atom is 0.185 e. The molecule has 1 aromatic carbocycles. The molecule has 0 spiro atoms. The molecule has 3 aromatic rings. The fourth-order valence-corrected chi connectivity index (χ4v) is 6.10. The number of aliphatic hydroxyl groups is 1. The topological polar surface area (TPSA) is 89.1 Å². The molecular formula is C31H34F3N3O2. The zero-order valence-corrected chi connectivity index (χ0v) is 22.3. The van der Waals surface area contributed by atoms with Crippen molar-refractivity contribution in [1.82, 2.24) is 9.97 Å². The van der Waals surface area contributed by atoms with Crippen LogP contribution in [-0.2, 0) is 12.0 Å². The predicted octanol–water partition coefficient (Wildman–Crippen LogP) is 6.22. The fraction of sp³-hybridized carbons (Fsp3) is 0.452. The zero-order valence-electron chi connectivity index (χ0n) is 22.3. The summed E-state index contributed by atoms with van der Waals surface area (Å²) in [6, 6.07) is 6.27. The molecule has 3 atom stereocenters. The minimum Gasteiger partial charge on any atom is -0.385 e. The van der Waals surface area contributed by atoms with Crippen LogP contribution in [-0.4, -0.2) is 26.9 Å². The van der Waals surface area contributed by atoms with Crippen LogP contribution in [0.25, 0.3) is 11.3 Å². The Kier molecular flexibility index (Phi) is 7.62. The molecule has 2 heterocycles. The van der Waals surface area contributed by atoms with Gasteiger partial charge in [-0.3, -0.25) is 9.78 Å². The van der Waals surface area contributed by atoms with Crippen LogP contribution in [0.3, 0.4) is 0 Å². The monoisotopic (exact) mass is 537 g/mol. The van der Waals surface area contributed by atoms with Gasteiger partial charge in [-0.1, -0.05) is 13.8 Å². The number of rotatable bonds is 7. The first-order valence-electron chi connectivity index (χ1n) is 13.7. The molecule has 0 unspecified atom stereocenters. The van der Waals surface area contributed by atoms with Crippen molar-refractivity contribution >= 4 is 5.78 Å². The fourth-order valence-electron chi connectivity index (χ4n) is 6.10. The van der Waals surface area contributed by atoms with Crippen molar-refractivity contribution in [3.8, 4) is 11.3 Å². The number of carbonyl (C=O) groups is 1. The van der Waals surface area contributed by atoms with Gasteiger partial charge in [-0.15, -0.1) is 0 Å². The quantitative estimate of drug-likeness (QED) is 0.349. The lowest BCUT2D eigenvalue weighted by Gasteiger charge is -2.37. The average molecular weight is 538 g/mol. The van der Waals surface area contributed by atoms with Gasteiger partial charge in [0.25, 0.3) is 0 Å². The summed E-state index contributed by atoms with van der Waals surface area (Å²) in [5.74, 6) is -2.26. The largest absolute Gasteiger partial charge is 0.385 e. The summed E-state index contributed by atoms with van der Waals surface area (Å²) < 4.78 is 44.9. The van der Waals surface area contributed by atoms with E-state index in [1.807, 2.05) is 6.07 Å². The van der Waals surface area contributed by atoms with Crippen molar-refractivity contribution in [2.24, 2.45) is 17.6 Å². The van der Waals surface area contributed by atoms with E-state index in [-0.39, 0.29) is 29.6 Å². The Balaban J connectivity index is 1.42.